The molecule has 32 heavy (non-hydrogen) atoms. The van der Waals surface area contributed by atoms with Crippen LogP contribution in [-0.4, -0.2) is 54.3 Å². The molecule has 0 spiro atoms. The third-order valence-corrected chi connectivity index (χ3v) is 9.60. The molecule has 1 amide bonds. The van der Waals surface area contributed by atoms with Crippen molar-refractivity contribution in [3.05, 3.63) is 23.8 Å². The number of nitrogens with one attached hydrogen (secondary N) is 1. The molecule has 5 rings (SSSR count). The lowest BCUT2D eigenvalue weighted by Gasteiger charge is -2.41. The first-order valence-corrected chi connectivity index (χ1v) is 12.6. The second-order valence-corrected chi connectivity index (χ2v) is 11.4. The van der Waals surface area contributed by atoms with E-state index in [0.29, 0.717) is 25.7 Å². The van der Waals surface area contributed by atoms with Crippen LogP contribution in [0.25, 0.3) is 0 Å². The number of hydrogen-bond acceptors (Lipinski definition) is 6. The van der Waals surface area contributed by atoms with Gasteiger partial charge in [-0.25, -0.2) is 8.42 Å². The molecule has 3 atom stereocenters. The van der Waals surface area contributed by atoms with Crippen LogP contribution in [0.5, 0.6) is 11.5 Å². The number of carbonyl (C=O) groups excluding carboxylic acids is 1. The number of carbonyl (C=O) groups is 1. The first-order chi connectivity index (χ1) is 15.1. The van der Waals surface area contributed by atoms with Crippen LogP contribution in [0.3, 0.4) is 0 Å². The SMILES string of the molecule is NC1CCC(S(=O)(=O)N2[C@@H]3CC[C@H]2C[C@H](NC(=O)c2ccc4c(c2)OC(F)(F)O4)C3)CC1. The van der Waals surface area contributed by atoms with Crippen LogP contribution in [0, 0.1) is 0 Å². The van der Waals surface area contributed by atoms with Gasteiger partial charge in [0.1, 0.15) is 0 Å². The molecule has 1 saturated carbocycles. The van der Waals surface area contributed by atoms with E-state index in [4.69, 9.17) is 5.73 Å². The highest BCUT2D eigenvalue weighted by Gasteiger charge is 2.49. The number of fused-ring (bicyclic) bond motifs is 3. The molecular weight excluding hydrogens is 444 g/mol. The molecule has 3 heterocycles. The molecule has 1 aromatic rings. The highest BCUT2D eigenvalue weighted by atomic mass is 32.2. The molecular formula is C21H27F2N3O5S. The topological polar surface area (TPSA) is 111 Å². The Hall–Kier alpha value is -1.98. The summed E-state index contributed by atoms with van der Waals surface area (Å²) in [5.41, 5.74) is 6.13. The summed E-state index contributed by atoms with van der Waals surface area (Å²) in [6, 6.07) is 3.55. The summed E-state index contributed by atoms with van der Waals surface area (Å²) in [6.07, 6.45) is 1.56. The van der Waals surface area contributed by atoms with Crippen molar-refractivity contribution in [1.82, 2.24) is 9.62 Å². The smallest absolute Gasteiger partial charge is 0.395 e. The predicted octanol–water partition coefficient (Wildman–Crippen LogP) is 2.33. The maximum absolute atomic E-state index is 13.3. The molecule has 8 nitrogen and oxygen atoms in total. The molecule has 3 fully saturated rings. The molecule has 1 aliphatic carbocycles. The number of sulfonamides is 1. The van der Waals surface area contributed by atoms with Gasteiger partial charge in [-0.05, 0) is 69.6 Å². The number of amides is 1. The van der Waals surface area contributed by atoms with Crippen LogP contribution < -0.4 is 20.5 Å². The van der Waals surface area contributed by atoms with Crippen LogP contribution in [0.2, 0.25) is 0 Å². The van der Waals surface area contributed by atoms with E-state index in [9.17, 15) is 22.0 Å². The van der Waals surface area contributed by atoms with Crippen LogP contribution >= 0.6 is 0 Å². The summed E-state index contributed by atoms with van der Waals surface area (Å²) >= 11 is 0. The molecule has 11 heteroatoms. The minimum atomic E-state index is -3.74. The van der Waals surface area contributed by atoms with Crippen LogP contribution in [-0.2, 0) is 10.0 Å². The number of rotatable bonds is 4. The summed E-state index contributed by atoms with van der Waals surface area (Å²) in [5, 5.41) is 2.57. The number of benzene rings is 1. The molecule has 1 aromatic carbocycles. The van der Waals surface area contributed by atoms with E-state index in [0.717, 1.165) is 25.7 Å². The Bertz CT molecular complexity index is 999. The zero-order valence-corrected chi connectivity index (χ0v) is 18.3. The van der Waals surface area contributed by atoms with Crippen LogP contribution in [0.4, 0.5) is 8.78 Å². The van der Waals surface area contributed by atoms with E-state index in [1.54, 1.807) is 4.31 Å². The van der Waals surface area contributed by atoms with Gasteiger partial charge in [0, 0.05) is 29.7 Å². The summed E-state index contributed by atoms with van der Waals surface area (Å²) < 4.78 is 63.6. The Kier molecular flexibility index (Phi) is 5.33. The highest BCUT2D eigenvalue weighted by Crippen LogP contribution is 2.42. The van der Waals surface area contributed by atoms with E-state index in [1.165, 1.54) is 18.2 Å². The lowest BCUT2D eigenvalue weighted by Crippen LogP contribution is -2.55. The fraction of sp³-hybridized carbons (Fsp3) is 0.667. The summed E-state index contributed by atoms with van der Waals surface area (Å²) in [7, 11) is -3.40. The van der Waals surface area contributed by atoms with Crippen LogP contribution in [0.15, 0.2) is 18.2 Å². The van der Waals surface area contributed by atoms with Gasteiger partial charge < -0.3 is 20.5 Å². The molecule has 3 N–H and O–H groups in total. The first kappa shape index (κ1) is 21.8. The molecule has 0 unspecified atom stereocenters. The lowest BCUT2D eigenvalue weighted by molar-refractivity contribution is -0.286. The quantitative estimate of drug-likeness (QED) is 0.697. The molecule has 2 saturated heterocycles. The third-order valence-electron chi connectivity index (χ3n) is 7.10. The zero-order valence-electron chi connectivity index (χ0n) is 17.5. The van der Waals surface area contributed by atoms with Crippen molar-refractivity contribution in [2.24, 2.45) is 5.73 Å². The van der Waals surface area contributed by atoms with Crippen molar-refractivity contribution in [3.8, 4) is 11.5 Å². The lowest BCUT2D eigenvalue weighted by atomic mass is 9.96. The van der Waals surface area contributed by atoms with Crippen molar-refractivity contribution in [2.45, 2.75) is 87.1 Å². The van der Waals surface area contributed by atoms with E-state index in [-0.39, 0.29) is 46.5 Å². The van der Waals surface area contributed by atoms with Crippen molar-refractivity contribution in [3.63, 3.8) is 0 Å². The minimum absolute atomic E-state index is 0.0847. The van der Waals surface area contributed by atoms with Gasteiger partial charge in [-0.15, -0.1) is 8.78 Å². The molecule has 0 radical (unpaired) electrons. The average Bonchev–Trinajstić information content (AvgIpc) is 3.19. The Balaban J connectivity index is 1.24. The average molecular weight is 472 g/mol. The summed E-state index contributed by atoms with van der Waals surface area (Å²) in [6.45, 7) is 0. The maximum atomic E-state index is 13.3. The normalized spacial score (nSPS) is 33.8. The summed E-state index contributed by atoms with van der Waals surface area (Å²) in [4.78, 5) is 12.7. The number of nitrogens with two attached hydrogens (primary N) is 1. The number of hydrogen-bond donors (Lipinski definition) is 2. The van der Waals surface area contributed by atoms with Gasteiger partial charge in [-0.1, -0.05) is 0 Å². The van der Waals surface area contributed by atoms with Gasteiger partial charge in [0.2, 0.25) is 10.0 Å². The Labute approximate surface area is 185 Å². The minimum Gasteiger partial charge on any atom is -0.395 e. The monoisotopic (exact) mass is 471 g/mol. The second kappa shape index (κ2) is 7.81. The van der Waals surface area contributed by atoms with Crippen LogP contribution in [0.1, 0.15) is 61.7 Å². The van der Waals surface area contributed by atoms with Gasteiger partial charge in [-0.2, -0.15) is 4.31 Å². The number of ether oxygens (including phenoxy) is 2. The van der Waals surface area contributed by atoms with E-state index in [2.05, 4.69) is 14.8 Å². The summed E-state index contributed by atoms with van der Waals surface area (Å²) in [5.74, 6) is -0.712. The third kappa shape index (κ3) is 3.94. The molecule has 4 aliphatic rings. The second-order valence-electron chi connectivity index (χ2n) is 9.27. The fourth-order valence-corrected chi connectivity index (χ4v) is 8.01. The fourth-order valence-electron chi connectivity index (χ4n) is 5.58. The zero-order chi connectivity index (χ0) is 22.7. The van der Waals surface area contributed by atoms with E-state index in [1.807, 2.05) is 0 Å². The van der Waals surface area contributed by atoms with E-state index >= 15 is 0 Å². The molecule has 3 aliphatic heterocycles. The first-order valence-electron chi connectivity index (χ1n) is 11.1. The number of halogens is 2. The number of piperidine rings is 1. The highest BCUT2D eigenvalue weighted by molar-refractivity contribution is 7.89. The Morgan fingerprint density at radius 2 is 1.66 bits per heavy atom. The molecule has 2 bridgehead atoms. The van der Waals surface area contributed by atoms with Gasteiger partial charge in [-0.3, -0.25) is 4.79 Å². The maximum Gasteiger partial charge on any atom is 0.586 e. The Morgan fingerprint density at radius 1 is 1.03 bits per heavy atom. The van der Waals surface area contributed by atoms with E-state index < -0.39 is 22.2 Å². The molecule has 0 aromatic heterocycles. The predicted molar refractivity (Wildman–Crippen MR) is 111 cm³/mol. The van der Waals surface area contributed by atoms with Crippen molar-refractivity contribution < 1.29 is 31.5 Å². The van der Waals surface area contributed by atoms with Gasteiger partial charge in [0.05, 0.1) is 5.25 Å². The van der Waals surface area contributed by atoms with Crippen molar-refractivity contribution in [1.29, 1.82) is 0 Å². The van der Waals surface area contributed by atoms with Crippen molar-refractivity contribution >= 4 is 15.9 Å². The largest absolute Gasteiger partial charge is 0.586 e. The van der Waals surface area contributed by atoms with Gasteiger partial charge in [0.15, 0.2) is 11.5 Å². The van der Waals surface area contributed by atoms with Gasteiger partial charge in [0.25, 0.3) is 5.91 Å². The van der Waals surface area contributed by atoms with Gasteiger partial charge >= 0.3 is 6.29 Å². The molecule has 176 valence electrons. The number of alkyl halides is 2. The Morgan fingerprint density at radius 3 is 2.31 bits per heavy atom. The number of nitrogens with zero attached hydrogens (tertiary/aromatic N) is 1. The van der Waals surface area contributed by atoms with Crippen molar-refractivity contribution in [2.75, 3.05) is 0 Å². The standard InChI is InChI=1S/C21H27F2N3O5S/c22-21(23)30-18-8-1-12(9-19(18)31-21)20(27)25-14-10-15-4-5-16(11-14)26(15)32(28,29)17-6-2-13(24)3-7-17/h1,8-9,13-17H,2-7,10-11,24H2,(H,25,27)/t13?,14-,15-,16+,17?.